The maximum atomic E-state index is 13.4. The number of piperidine rings is 1. The number of benzene rings is 2. The molecule has 3 N–H and O–H groups in total. The van der Waals surface area contributed by atoms with Crippen molar-refractivity contribution < 1.29 is 19.1 Å². The van der Waals surface area contributed by atoms with Gasteiger partial charge in [0, 0.05) is 41.9 Å². The number of primary amides is 1. The molecule has 0 saturated carbocycles. The number of fused-ring (bicyclic) bond motifs is 1. The number of para-hydroxylation sites is 1. The van der Waals surface area contributed by atoms with Crippen LogP contribution in [0.2, 0.25) is 0 Å². The van der Waals surface area contributed by atoms with E-state index < -0.39 is 0 Å². The van der Waals surface area contributed by atoms with E-state index in [4.69, 9.17) is 15.2 Å². The summed E-state index contributed by atoms with van der Waals surface area (Å²) < 4.78 is 13.4. The molecule has 2 aliphatic heterocycles. The Morgan fingerprint density at radius 2 is 1.83 bits per heavy atom. The van der Waals surface area contributed by atoms with Crippen molar-refractivity contribution in [3.8, 4) is 17.2 Å². The molecule has 5 rings (SSSR count). The van der Waals surface area contributed by atoms with Gasteiger partial charge in [-0.3, -0.25) is 14.5 Å². The molecular weight excluding hydrogens is 456 g/mol. The van der Waals surface area contributed by atoms with Gasteiger partial charge >= 0.3 is 0 Å². The van der Waals surface area contributed by atoms with E-state index in [1.54, 1.807) is 0 Å². The van der Waals surface area contributed by atoms with Crippen LogP contribution in [0.1, 0.15) is 40.2 Å². The summed E-state index contributed by atoms with van der Waals surface area (Å²) in [7, 11) is 0. The molecule has 2 aromatic carbocycles. The topological polar surface area (TPSA) is 98.8 Å². The summed E-state index contributed by atoms with van der Waals surface area (Å²) >= 11 is 0. The van der Waals surface area contributed by atoms with Crippen LogP contribution in [0, 0.1) is 19.8 Å². The number of nitrogens with two attached hydrogens (primary N) is 1. The first-order valence-electron chi connectivity index (χ1n) is 12.4. The number of aryl methyl sites for hydroxylation is 1. The summed E-state index contributed by atoms with van der Waals surface area (Å²) in [5, 5.41) is 3.12. The van der Waals surface area contributed by atoms with Gasteiger partial charge in [0.25, 0.3) is 5.91 Å². The van der Waals surface area contributed by atoms with Crippen LogP contribution < -0.4 is 20.5 Å². The second-order valence-electron chi connectivity index (χ2n) is 9.54. The van der Waals surface area contributed by atoms with Crippen molar-refractivity contribution in [2.45, 2.75) is 33.2 Å². The van der Waals surface area contributed by atoms with Crippen LogP contribution in [0.5, 0.6) is 11.5 Å². The largest absolute Gasteiger partial charge is 0.486 e. The molecule has 0 aliphatic carbocycles. The quantitative estimate of drug-likeness (QED) is 0.550. The molecule has 36 heavy (non-hydrogen) atoms. The zero-order valence-electron chi connectivity index (χ0n) is 20.8. The number of ether oxygens (including phenoxy) is 2. The van der Waals surface area contributed by atoms with Gasteiger partial charge in [0.15, 0.2) is 11.5 Å². The zero-order valence-corrected chi connectivity index (χ0v) is 20.8. The minimum absolute atomic E-state index is 0.119. The normalized spacial score (nSPS) is 17.6. The Balaban J connectivity index is 1.36. The molecule has 188 valence electrons. The SMILES string of the molecule is Cc1cc(C(=O)Nc2ccccc2CN2CCCC(C(N)=O)C2)c(C)n1-c1ccc2c(c1)OCCO2. The molecule has 0 bridgehead atoms. The van der Waals surface area contributed by atoms with Gasteiger partial charge in [-0.2, -0.15) is 0 Å². The van der Waals surface area contributed by atoms with Crippen LogP contribution in [-0.4, -0.2) is 47.6 Å². The average Bonchev–Trinajstić information content (AvgIpc) is 3.18. The van der Waals surface area contributed by atoms with Gasteiger partial charge in [0.2, 0.25) is 5.91 Å². The van der Waals surface area contributed by atoms with Crippen molar-refractivity contribution in [3.63, 3.8) is 0 Å². The third-order valence-electron chi connectivity index (χ3n) is 7.03. The van der Waals surface area contributed by atoms with Crippen molar-refractivity contribution >= 4 is 17.5 Å². The lowest BCUT2D eigenvalue weighted by Gasteiger charge is -2.31. The Labute approximate surface area is 211 Å². The van der Waals surface area contributed by atoms with E-state index >= 15 is 0 Å². The summed E-state index contributed by atoms with van der Waals surface area (Å²) in [6, 6.07) is 15.6. The van der Waals surface area contributed by atoms with Gasteiger partial charge < -0.3 is 25.1 Å². The fourth-order valence-electron chi connectivity index (χ4n) is 5.20. The number of nitrogens with zero attached hydrogens (tertiary/aromatic N) is 2. The van der Waals surface area contributed by atoms with Gasteiger partial charge in [-0.05, 0) is 63.1 Å². The van der Waals surface area contributed by atoms with Crippen molar-refractivity contribution in [1.82, 2.24) is 9.47 Å². The maximum Gasteiger partial charge on any atom is 0.257 e. The smallest absolute Gasteiger partial charge is 0.257 e. The van der Waals surface area contributed by atoms with E-state index in [0.29, 0.717) is 37.6 Å². The first-order chi connectivity index (χ1) is 17.4. The molecule has 0 spiro atoms. The molecule has 8 heteroatoms. The van der Waals surface area contributed by atoms with E-state index in [-0.39, 0.29) is 17.7 Å². The highest BCUT2D eigenvalue weighted by Crippen LogP contribution is 2.33. The number of likely N-dealkylation sites (tertiary alicyclic amines) is 1. The van der Waals surface area contributed by atoms with Crippen LogP contribution in [0.4, 0.5) is 5.69 Å². The molecule has 0 radical (unpaired) electrons. The molecule has 8 nitrogen and oxygen atoms in total. The highest BCUT2D eigenvalue weighted by molar-refractivity contribution is 6.05. The number of aromatic nitrogens is 1. The third-order valence-corrected chi connectivity index (χ3v) is 7.03. The third kappa shape index (κ3) is 4.81. The summed E-state index contributed by atoms with van der Waals surface area (Å²) in [6.07, 6.45) is 1.77. The predicted octanol–water partition coefficient (Wildman–Crippen LogP) is 3.81. The minimum atomic E-state index is -0.241. The number of hydrogen-bond acceptors (Lipinski definition) is 5. The van der Waals surface area contributed by atoms with Crippen LogP contribution >= 0.6 is 0 Å². The van der Waals surface area contributed by atoms with Gasteiger partial charge in [0.05, 0.1) is 11.5 Å². The van der Waals surface area contributed by atoms with E-state index in [0.717, 1.165) is 53.5 Å². The standard InChI is InChI=1S/C28H32N4O4/c1-18-14-23(19(2)32(18)22-9-10-25-26(15-22)36-13-12-35-25)28(34)30-24-8-4-3-6-20(24)16-31-11-5-7-21(17-31)27(29)33/h3-4,6,8-10,14-15,21H,5,7,11-13,16-17H2,1-2H3,(H2,29,33)(H,30,34). The molecule has 1 fully saturated rings. The molecular formula is C28H32N4O4. The Morgan fingerprint density at radius 3 is 2.64 bits per heavy atom. The first-order valence-corrected chi connectivity index (χ1v) is 12.4. The molecule has 2 aliphatic rings. The number of anilines is 1. The lowest BCUT2D eigenvalue weighted by molar-refractivity contribution is -0.123. The second-order valence-corrected chi connectivity index (χ2v) is 9.54. The average molecular weight is 489 g/mol. The van der Waals surface area contributed by atoms with Crippen LogP contribution in [-0.2, 0) is 11.3 Å². The van der Waals surface area contributed by atoms with Crippen LogP contribution in [0.25, 0.3) is 5.69 Å². The molecule has 2 amide bonds. The molecule has 3 aromatic rings. The lowest BCUT2D eigenvalue weighted by atomic mass is 9.97. The van der Waals surface area contributed by atoms with Crippen LogP contribution in [0.15, 0.2) is 48.5 Å². The number of nitrogens with one attached hydrogen (secondary N) is 1. The molecule has 1 saturated heterocycles. The number of carbonyl (C=O) groups excluding carboxylic acids is 2. The zero-order chi connectivity index (χ0) is 25.2. The fraction of sp³-hybridized carbons (Fsp3) is 0.357. The Hall–Kier alpha value is -3.78. The molecule has 1 unspecified atom stereocenters. The first kappa shape index (κ1) is 23.9. The van der Waals surface area contributed by atoms with Crippen molar-refractivity contribution in [2.75, 3.05) is 31.6 Å². The number of carbonyl (C=O) groups is 2. The van der Waals surface area contributed by atoms with Gasteiger partial charge in [-0.15, -0.1) is 0 Å². The number of rotatable bonds is 6. The summed E-state index contributed by atoms with van der Waals surface area (Å²) in [5.41, 5.74) is 10.7. The van der Waals surface area contributed by atoms with Crippen LogP contribution in [0.3, 0.4) is 0 Å². The highest BCUT2D eigenvalue weighted by Gasteiger charge is 2.25. The van der Waals surface area contributed by atoms with E-state index in [1.165, 1.54) is 0 Å². The van der Waals surface area contributed by atoms with Crippen molar-refractivity contribution in [2.24, 2.45) is 11.7 Å². The van der Waals surface area contributed by atoms with Gasteiger partial charge in [-0.25, -0.2) is 0 Å². The molecule has 1 aromatic heterocycles. The van der Waals surface area contributed by atoms with Gasteiger partial charge in [0.1, 0.15) is 13.2 Å². The predicted molar refractivity (Wildman–Crippen MR) is 138 cm³/mol. The second kappa shape index (κ2) is 10.1. The van der Waals surface area contributed by atoms with E-state index in [1.807, 2.05) is 62.4 Å². The Morgan fingerprint density at radius 1 is 1.06 bits per heavy atom. The number of amides is 2. The lowest BCUT2D eigenvalue weighted by Crippen LogP contribution is -2.40. The Bertz CT molecular complexity index is 1300. The fourth-order valence-corrected chi connectivity index (χ4v) is 5.20. The minimum Gasteiger partial charge on any atom is -0.486 e. The number of hydrogen-bond donors (Lipinski definition) is 2. The van der Waals surface area contributed by atoms with Crippen molar-refractivity contribution in [3.05, 3.63) is 71.0 Å². The Kier molecular flexibility index (Phi) is 6.69. The van der Waals surface area contributed by atoms with E-state index in [2.05, 4.69) is 14.8 Å². The molecule has 1 atom stereocenters. The van der Waals surface area contributed by atoms with E-state index in [9.17, 15) is 9.59 Å². The molecule has 3 heterocycles. The summed E-state index contributed by atoms with van der Waals surface area (Å²) in [4.78, 5) is 27.3. The summed E-state index contributed by atoms with van der Waals surface area (Å²) in [6.45, 7) is 7.20. The maximum absolute atomic E-state index is 13.4. The highest BCUT2D eigenvalue weighted by atomic mass is 16.6. The summed E-state index contributed by atoms with van der Waals surface area (Å²) in [5.74, 6) is 0.925. The van der Waals surface area contributed by atoms with Gasteiger partial charge in [-0.1, -0.05) is 18.2 Å². The van der Waals surface area contributed by atoms with Crippen molar-refractivity contribution in [1.29, 1.82) is 0 Å². The monoisotopic (exact) mass is 488 g/mol.